The lowest BCUT2D eigenvalue weighted by atomic mass is 10.2. The Bertz CT molecular complexity index is 697. The Balaban J connectivity index is 1.86. The van der Waals surface area contributed by atoms with E-state index in [4.69, 9.17) is 0 Å². The third-order valence-electron chi connectivity index (χ3n) is 3.77. The molecule has 1 fully saturated rings. The number of rotatable bonds is 7. The van der Waals surface area contributed by atoms with Gasteiger partial charge in [0.1, 0.15) is 0 Å². The van der Waals surface area contributed by atoms with Crippen LogP contribution in [0.1, 0.15) is 39.0 Å². The molecule has 1 aliphatic rings. The van der Waals surface area contributed by atoms with E-state index in [9.17, 15) is 18.0 Å². The molecule has 1 aromatic carbocycles. The van der Waals surface area contributed by atoms with E-state index in [0.29, 0.717) is 11.4 Å². The fourth-order valence-electron chi connectivity index (χ4n) is 2.69. The lowest BCUT2D eigenvalue weighted by Gasteiger charge is -2.13. The average Bonchev–Trinajstić information content (AvgIpc) is 2.97. The molecule has 1 saturated carbocycles. The maximum atomic E-state index is 12.1. The largest absolute Gasteiger partial charge is 0.353 e. The summed E-state index contributed by atoms with van der Waals surface area (Å²) in [6, 6.07) is 6.59. The van der Waals surface area contributed by atoms with Gasteiger partial charge in [0.15, 0.2) is 0 Å². The van der Waals surface area contributed by atoms with Crippen molar-refractivity contribution in [3.63, 3.8) is 0 Å². The van der Waals surface area contributed by atoms with Crippen molar-refractivity contribution in [1.29, 1.82) is 0 Å². The van der Waals surface area contributed by atoms with Crippen molar-refractivity contribution in [1.82, 2.24) is 5.32 Å². The van der Waals surface area contributed by atoms with Gasteiger partial charge in [-0.15, -0.1) is 0 Å². The molecule has 1 aromatic rings. The van der Waals surface area contributed by atoms with Crippen molar-refractivity contribution in [2.45, 2.75) is 45.1 Å². The highest BCUT2D eigenvalue weighted by atomic mass is 32.2. The molecule has 8 heteroatoms. The fraction of sp³-hybridized carbons (Fsp3) is 0.500. The first-order valence-corrected chi connectivity index (χ1v) is 9.67. The van der Waals surface area contributed by atoms with Crippen molar-refractivity contribution in [2.24, 2.45) is 0 Å². The summed E-state index contributed by atoms with van der Waals surface area (Å²) in [4.78, 5) is 22.9. The van der Waals surface area contributed by atoms with Crippen LogP contribution in [0.2, 0.25) is 0 Å². The van der Waals surface area contributed by atoms with Gasteiger partial charge >= 0.3 is 0 Å². The van der Waals surface area contributed by atoms with Crippen LogP contribution in [0.4, 0.5) is 11.4 Å². The molecule has 3 N–H and O–H groups in total. The number of amides is 2. The van der Waals surface area contributed by atoms with Gasteiger partial charge in [-0.05, 0) is 31.0 Å². The third kappa shape index (κ3) is 6.19. The number of carbonyl (C=O) groups is 2. The Morgan fingerprint density at radius 2 is 1.83 bits per heavy atom. The van der Waals surface area contributed by atoms with Crippen LogP contribution in [-0.4, -0.2) is 32.0 Å². The smallest absolute Gasteiger partial charge is 0.233 e. The first-order valence-electron chi connectivity index (χ1n) is 8.01. The molecule has 7 nitrogen and oxygen atoms in total. The molecule has 1 aliphatic carbocycles. The van der Waals surface area contributed by atoms with E-state index in [1.807, 2.05) is 0 Å². The molecule has 0 bridgehead atoms. The summed E-state index contributed by atoms with van der Waals surface area (Å²) in [5, 5.41) is 5.45. The lowest BCUT2D eigenvalue weighted by Crippen LogP contribution is -2.34. The van der Waals surface area contributed by atoms with Crippen LogP contribution in [-0.2, 0) is 19.6 Å². The van der Waals surface area contributed by atoms with Crippen LogP contribution < -0.4 is 15.4 Å². The van der Waals surface area contributed by atoms with Gasteiger partial charge in [0.2, 0.25) is 21.8 Å². The Labute approximate surface area is 142 Å². The first-order chi connectivity index (χ1) is 11.3. The maximum absolute atomic E-state index is 12.1. The Morgan fingerprint density at radius 3 is 2.50 bits per heavy atom. The molecule has 0 atom stereocenters. The molecular weight excluding hydrogens is 330 g/mol. The Hall–Kier alpha value is -2.09. The molecule has 2 amide bonds. The molecule has 2 rings (SSSR count). The van der Waals surface area contributed by atoms with Crippen molar-refractivity contribution < 1.29 is 18.0 Å². The standard InChI is InChI=1S/C16H23N3O4S/c1-12(20)17-14-7-4-8-15(11-14)19-24(22,23)10-9-16(21)18-13-5-2-3-6-13/h4,7-8,11,13,19H,2-3,5-6,9-10H2,1H3,(H,17,20)(H,18,21). The summed E-state index contributed by atoms with van der Waals surface area (Å²) in [6.45, 7) is 1.37. The second-order valence-electron chi connectivity index (χ2n) is 5.98. The molecule has 0 radical (unpaired) electrons. The van der Waals surface area contributed by atoms with E-state index in [-0.39, 0.29) is 30.0 Å². The summed E-state index contributed by atoms with van der Waals surface area (Å²) >= 11 is 0. The molecule has 24 heavy (non-hydrogen) atoms. The van der Waals surface area contributed by atoms with Crippen LogP contribution in [0.3, 0.4) is 0 Å². The zero-order valence-corrected chi connectivity index (χ0v) is 14.5. The van der Waals surface area contributed by atoms with E-state index in [1.54, 1.807) is 18.2 Å². The van der Waals surface area contributed by atoms with Gasteiger partial charge in [0, 0.05) is 25.1 Å². The number of benzene rings is 1. The van der Waals surface area contributed by atoms with Crippen LogP contribution in [0.15, 0.2) is 24.3 Å². The highest BCUT2D eigenvalue weighted by Gasteiger charge is 2.19. The minimum absolute atomic E-state index is 0.0722. The summed E-state index contributed by atoms with van der Waals surface area (Å²) in [6.07, 6.45) is 4.07. The van der Waals surface area contributed by atoms with Crippen LogP contribution in [0.25, 0.3) is 0 Å². The number of nitrogens with one attached hydrogen (secondary N) is 3. The number of hydrogen-bond donors (Lipinski definition) is 3. The maximum Gasteiger partial charge on any atom is 0.233 e. The van der Waals surface area contributed by atoms with E-state index >= 15 is 0 Å². The molecule has 132 valence electrons. The van der Waals surface area contributed by atoms with Crippen LogP contribution in [0.5, 0.6) is 0 Å². The second kappa shape index (κ2) is 8.14. The number of carbonyl (C=O) groups excluding carboxylic acids is 2. The molecular formula is C16H23N3O4S. The van der Waals surface area contributed by atoms with Crippen molar-refractivity contribution in [2.75, 3.05) is 15.8 Å². The summed E-state index contributed by atoms with van der Waals surface area (Å²) in [5.41, 5.74) is 0.846. The molecule has 0 spiro atoms. The van der Waals surface area contributed by atoms with E-state index in [1.165, 1.54) is 13.0 Å². The first kappa shape index (κ1) is 18.3. The zero-order chi connectivity index (χ0) is 17.6. The van der Waals surface area contributed by atoms with Crippen molar-refractivity contribution in [3.05, 3.63) is 24.3 Å². The normalized spacial score (nSPS) is 15.0. The van der Waals surface area contributed by atoms with E-state index in [0.717, 1.165) is 25.7 Å². The average molecular weight is 353 g/mol. The van der Waals surface area contributed by atoms with E-state index < -0.39 is 10.0 Å². The highest BCUT2D eigenvalue weighted by molar-refractivity contribution is 7.92. The van der Waals surface area contributed by atoms with Crippen molar-refractivity contribution >= 4 is 33.2 Å². The quantitative estimate of drug-likeness (QED) is 0.695. The minimum atomic E-state index is -3.63. The molecule has 0 aromatic heterocycles. The van der Waals surface area contributed by atoms with Gasteiger partial charge in [-0.1, -0.05) is 18.9 Å². The highest BCUT2D eigenvalue weighted by Crippen LogP contribution is 2.18. The number of sulfonamides is 1. The van der Waals surface area contributed by atoms with Gasteiger partial charge < -0.3 is 10.6 Å². The number of hydrogen-bond acceptors (Lipinski definition) is 4. The van der Waals surface area contributed by atoms with Gasteiger partial charge in [-0.3, -0.25) is 14.3 Å². The molecule has 0 aliphatic heterocycles. The van der Waals surface area contributed by atoms with Crippen LogP contribution >= 0.6 is 0 Å². The van der Waals surface area contributed by atoms with E-state index in [2.05, 4.69) is 15.4 Å². The topological polar surface area (TPSA) is 104 Å². The lowest BCUT2D eigenvalue weighted by molar-refractivity contribution is -0.121. The van der Waals surface area contributed by atoms with Crippen molar-refractivity contribution in [3.8, 4) is 0 Å². The summed E-state index contributed by atoms with van der Waals surface area (Å²) in [5.74, 6) is -0.756. The SMILES string of the molecule is CC(=O)Nc1cccc(NS(=O)(=O)CCC(=O)NC2CCCC2)c1. The monoisotopic (exact) mass is 353 g/mol. The summed E-state index contributed by atoms with van der Waals surface area (Å²) in [7, 11) is -3.63. The third-order valence-corrected chi connectivity index (χ3v) is 5.06. The zero-order valence-electron chi connectivity index (χ0n) is 13.7. The van der Waals surface area contributed by atoms with Gasteiger partial charge in [0.05, 0.1) is 11.4 Å². The molecule has 0 saturated heterocycles. The molecule has 0 heterocycles. The molecule has 0 unspecified atom stereocenters. The van der Waals surface area contributed by atoms with Crippen LogP contribution in [0, 0.1) is 0 Å². The van der Waals surface area contributed by atoms with Gasteiger partial charge in [0.25, 0.3) is 0 Å². The predicted molar refractivity (Wildman–Crippen MR) is 93.2 cm³/mol. The Morgan fingerprint density at radius 1 is 1.17 bits per heavy atom. The predicted octanol–water partition coefficient (Wildman–Crippen LogP) is 1.84. The van der Waals surface area contributed by atoms with Gasteiger partial charge in [-0.2, -0.15) is 0 Å². The summed E-state index contributed by atoms with van der Waals surface area (Å²) < 4.78 is 26.6. The minimum Gasteiger partial charge on any atom is -0.353 e. The number of anilines is 2. The van der Waals surface area contributed by atoms with Gasteiger partial charge in [-0.25, -0.2) is 8.42 Å². The second-order valence-corrected chi connectivity index (χ2v) is 7.82. The Kier molecular flexibility index (Phi) is 6.19. The fourth-order valence-corrected chi connectivity index (χ4v) is 3.73.